The molecule has 1 aliphatic heterocycles. The number of anilines is 1. The molecule has 0 saturated heterocycles. The summed E-state index contributed by atoms with van der Waals surface area (Å²) in [6.07, 6.45) is 0. The quantitative estimate of drug-likeness (QED) is 0.573. The third-order valence-electron chi connectivity index (χ3n) is 4.98. The van der Waals surface area contributed by atoms with E-state index in [4.69, 9.17) is 9.47 Å². The summed E-state index contributed by atoms with van der Waals surface area (Å²) in [6, 6.07) is 19.6. The third kappa shape index (κ3) is 2.51. The highest BCUT2D eigenvalue weighted by atomic mass is 16.7. The molecule has 3 aromatic carbocycles. The predicted octanol–water partition coefficient (Wildman–Crippen LogP) is 4.80. The molecule has 134 valence electrons. The van der Waals surface area contributed by atoms with Gasteiger partial charge in [-0.05, 0) is 49.4 Å². The SMILES string of the molecule is CCn1c2ccccc2c2cc(NC(=O)c3ccc4c(c3)OCO4)ccc21. The van der Waals surface area contributed by atoms with Crippen molar-refractivity contribution in [3.8, 4) is 11.5 Å². The first kappa shape index (κ1) is 15.8. The number of carbonyl (C=O) groups is 1. The van der Waals surface area contributed by atoms with Crippen LogP contribution in [0.4, 0.5) is 5.69 Å². The Morgan fingerprint density at radius 1 is 0.963 bits per heavy atom. The van der Waals surface area contributed by atoms with Crippen LogP contribution in [0.25, 0.3) is 21.8 Å². The van der Waals surface area contributed by atoms with Crippen molar-refractivity contribution in [2.24, 2.45) is 0 Å². The fourth-order valence-corrected chi connectivity index (χ4v) is 3.71. The minimum atomic E-state index is -0.174. The molecule has 0 aliphatic carbocycles. The van der Waals surface area contributed by atoms with Crippen molar-refractivity contribution in [2.45, 2.75) is 13.5 Å². The van der Waals surface area contributed by atoms with E-state index in [1.54, 1.807) is 18.2 Å². The second-order valence-corrected chi connectivity index (χ2v) is 6.52. The Balaban J connectivity index is 1.52. The first-order valence-electron chi connectivity index (χ1n) is 8.96. The summed E-state index contributed by atoms with van der Waals surface area (Å²) < 4.78 is 12.9. The number of para-hydroxylation sites is 1. The van der Waals surface area contributed by atoms with Gasteiger partial charge in [0, 0.05) is 39.6 Å². The highest BCUT2D eigenvalue weighted by Gasteiger charge is 2.17. The topological polar surface area (TPSA) is 52.5 Å². The van der Waals surface area contributed by atoms with Crippen LogP contribution < -0.4 is 14.8 Å². The number of amides is 1. The number of hydrogen-bond acceptors (Lipinski definition) is 3. The Labute approximate surface area is 156 Å². The van der Waals surface area contributed by atoms with Crippen LogP contribution in [-0.4, -0.2) is 17.3 Å². The van der Waals surface area contributed by atoms with Gasteiger partial charge in [0.2, 0.25) is 6.79 Å². The standard InChI is InChI=1S/C22H18N2O3/c1-2-24-18-6-4-3-5-16(18)17-12-15(8-9-19(17)24)23-22(25)14-7-10-20-21(11-14)27-13-26-20/h3-12H,2,13H2,1H3,(H,23,25). The van der Waals surface area contributed by atoms with Gasteiger partial charge in [0.05, 0.1) is 0 Å². The summed E-state index contributed by atoms with van der Waals surface area (Å²) in [7, 11) is 0. The average Bonchev–Trinajstić information content (AvgIpc) is 3.29. The van der Waals surface area contributed by atoms with Gasteiger partial charge in [-0.2, -0.15) is 0 Å². The van der Waals surface area contributed by atoms with E-state index < -0.39 is 0 Å². The molecule has 1 aromatic heterocycles. The average molecular weight is 358 g/mol. The molecule has 0 atom stereocenters. The highest BCUT2D eigenvalue weighted by Crippen LogP contribution is 2.33. The summed E-state index contributed by atoms with van der Waals surface area (Å²) in [4.78, 5) is 12.7. The summed E-state index contributed by atoms with van der Waals surface area (Å²) in [5.41, 5.74) is 3.67. The normalized spacial score (nSPS) is 12.6. The Morgan fingerprint density at radius 3 is 2.67 bits per heavy atom. The van der Waals surface area contributed by atoms with Crippen LogP contribution in [0.2, 0.25) is 0 Å². The number of ether oxygens (including phenoxy) is 2. The lowest BCUT2D eigenvalue weighted by Gasteiger charge is -2.07. The largest absolute Gasteiger partial charge is 0.454 e. The second kappa shape index (κ2) is 6.06. The molecule has 0 saturated carbocycles. The van der Waals surface area contributed by atoms with Gasteiger partial charge in [-0.1, -0.05) is 18.2 Å². The van der Waals surface area contributed by atoms with E-state index in [0.717, 1.165) is 17.6 Å². The van der Waals surface area contributed by atoms with E-state index in [0.29, 0.717) is 17.1 Å². The van der Waals surface area contributed by atoms with Crippen LogP contribution in [0.5, 0.6) is 11.5 Å². The Morgan fingerprint density at radius 2 is 1.78 bits per heavy atom. The molecule has 0 bridgehead atoms. The fraction of sp³-hybridized carbons (Fsp3) is 0.136. The van der Waals surface area contributed by atoms with Crippen molar-refractivity contribution in [2.75, 3.05) is 12.1 Å². The number of benzene rings is 3. The molecule has 0 fully saturated rings. The van der Waals surface area contributed by atoms with Crippen LogP contribution in [0.1, 0.15) is 17.3 Å². The summed E-state index contributed by atoms with van der Waals surface area (Å²) in [5, 5.41) is 5.31. The van der Waals surface area contributed by atoms with Crippen LogP contribution in [0.3, 0.4) is 0 Å². The molecule has 27 heavy (non-hydrogen) atoms. The van der Waals surface area contributed by atoms with E-state index in [9.17, 15) is 4.79 Å². The summed E-state index contributed by atoms with van der Waals surface area (Å²) >= 11 is 0. The third-order valence-corrected chi connectivity index (χ3v) is 4.98. The van der Waals surface area contributed by atoms with E-state index in [1.165, 1.54) is 16.4 Å². The zero-order valence-corrected chi connectivity index (χ0v) is 14.9. The van der Waals surface area contributed by atoms with E-state index in [1.807, 2.05) is 18.2 Å². The van der Waals surface area contributed by atoms with Gasteiger partial charge >= 0.3 is 0 Å². The predicted molar refractivity (Wildman–Crippen MR) is 106 cm³/mol. The van der Waals surface area contributed by atoms with E-state index >= 15 is 0 Å². The lowest BCUT2D eigenvalue weighted by molar-refractivity contribution is 0.102. The smallest absolute Gasteiger partial charge is 0.255 e. The van der Waals surface area contributed by atoms with Crippen LogP contribution in [0.15, 0.2) is 60.7 Å². The lowest BCUT2D eigenvalue weighted by Crippen LogP contribution is -2.11. The number of hydrogen-bond donors (Lipinski definition) is 1. The molecule has 5 rings (SSSR count). The van der Waals surface area contributed by atoms with Crippen LogP contribution >= 0.6 is 0 Å². The maximum absolute atomic E-state index is 12.7. The van der Waals surface area contributed by atoms with E-state index in [-0.39, 0.29) is 12.7 Å². The van der Waals surface area contributed by atoms with Crippen molar-refractivity contribution >= 4 is 33.4 Å². The van der Waals surface area contributed by atoms with Gasteiger partial charge in [0.1, 0.15) is 0 Å². The molecular formula is C22H18N2O3. The molecule has 0 unspecified atom stereocenters. The molecule has 4 aromatic rings. The van der Waals surface area contributed by atoms with Crippen LogP contribution in [-0.2, 0) is 6.54 Å². The number of aryl methyl sites for hydroxylation is 1. The maximum Gasteiger partial charge on any atom is 0.255 e. The zero-order valence-electron chi connectivity index (χ0n) is 14.9. The molecule has 0 spiro atoms. The molecule has 5 heteroatoms. The number of carbonyl (C=O) groups excluding carboxylic acids is 1. The minimum absolute atomic E-state index is 0.174. The number of fused-ring (bicyclic) bond motifs is 4. The van der Waals surface area contributed by atoms with Crippen molar-refractivity contribution in [1.82, 2.24) is 4.57 Å². The monoisotopic (exact) mass is 358 g/mol. The molecule has 5 nitrogen and oxygen atoms in total. The fourth-order valence-electron chi connectivity index (χ4n) is 3.71. The van der Waals surface area contributed by atoms with Crippen LogP contribution in [0, 0.1) is 0 Å². The van der Waals surface area contributed by atoms with Gasteiger partial charge in [-0.3, -0.25) is 4.79 Å². The minimum Gasteiger partial charge on any atom is -0.454 e. The summed E-state index contributed by atoms with van der Waals surface area (Å²) in [6.45, 7) is 3.23. The van der Waals surface area contributed by atoms with Gasteiger partial charge < -0.3 is 19.4 Å². The molecular weight excluding hydrogens is 340 g/mol. The first-order valence-corrected chi connectivity index (χ1v) is 8.96. The number of rotatable bonds is 3. The molecule has 0 radical (unpaired) electrons. The Bertz CT molecular complexity index is 1190. The second-order valence-electron chi connectivity index (χ2n) is 6.52. The zero-order chi connectivity index (χ0) is 18.4. The van der Waals surface area contributed by atoms with Crippen molar-refractivity contribution in [3.63, 3.8) is 0 Å². The molecule has 2 heterocycles. The van der Waals surface area contributed by atoms with Crippen molar-refractivity contribution in [1.29, 1.82) is 0 Å². The van der Waals surface area contributed by atoms with Gasteiger partial charge in [0.15, 0.2) is 11.5 Å². The lowest BCUT2D eigenvalue weighted by atomic mass is 10.1. The Kier molecular flexibility index (Phi) is 3.53. The van der Waals surface area contributed by atoms with Crippen molar-refractivity contribution < 1.29 is 14.3 Å². The molecule has 1 aliphatic rings. The number of aromatic nitrogens is 1. The Hall–Kier alpha value is -3.47. The van der Waals surface area contributed by atoms with Gasteiger partial charge in [-0.25, -0.2) is 0 Å². The van der Waals surface area contributed by atoms with Gasteiger partial charge in [-0.15, -0.1) is 0 Å². The van der Waals surface area contributed by atoms with Gasteiger partial charge in [0.25, 0.3) is 5.91 Å². The van der Waals surface area contributed by atoms with Crippen molar-refractivity contribution in [3.05, 3.63) is 66.2 Å². The first-order chi connectivity index (χ1) is 13.2. The molecule has 1 amide bonds. The van der Waals surface area contributed by atoms with E-state index in [2.05, 4.69) is 41.1 Å². The summed E-state index contributed by atoms with van der Waals surface area (Å²) in [5.74, 6) is 1.09. The molecule has 1 N–H and O–H groups in total. The maximum atomic E-state index is 12.7. The highest BCUT2D eigenvalue weighted by molar-refractivity contribution is 6.11. The number of nitrogens with zero attached hydrogens (tertiary/aromatic N) is 1. The number of nitrogens with one attached hydrogen (secondary N) is 1.